The summed E-state index contributed by atoms with van der Waals surface area (Å²) in [6.07, 6.45) is 0. The number of nitrogen functional groups attached to an aromatic ring is 1. The Balaban J connectivity index is 2.91. The molecule has 0 saturated carbocycles. The van der Waals surface area contributed by atoms with Crippen LogP contribution in [0.4, 0.5) is 11.4 Å². The van der Waals surface area contributed by atoms with Gasteiger partial charge in [-0.05, 0) is 32.0 Å². The summed E-state index contributed by atoms with van der Waals surface area (Å²) in [6.45, 7) is 4.09. The highest BCUT2D eigenvalue weighted by Crippen LogP contribution is 2.23. The maximum Gasteiger partial charge on any atom is 0.253 e. The van der Waals surface area contributed by atoms with Crippen LogP contribution in [-0.2, 0) is 4.79 Å². The van der Waals surface area contributed by atoms with Crippen LogP contribution in [0, 0.1) is 5.41 Å². The molecule has 2 amide bonds. The average Bonchev–Trinajstić information content (AvgIpc) is 2.44. The molecule has 4 N–H and O–H groups in total. The number of carbonyl (C=O) groups is 2. The van der Waals surface area contributed by atoms with Gasteiger partial charge < -0.3 is 21.3 Å². The van der Waals surface area contributed by atoms with Crippen molar-refractivity contribution >= 4 is 23.2 Å². The molecular formula is C15H24N4O2. The Labute approximate surface area is 125 Å². The number of rotatable bonds is 5. The van der Waals surface area contributed by atoms with Gasteiger partial charge in [-0.3, -0.25) is 9.59 Å². The Hall–Kier alpha value is -2.24. The highest BCUT2D eigenvalue weighted by atomic mass is 16.2. The second kappa shape index (κ2) is 6.47. The topological polar surface area (TPSA) is 87.5 Å². The highest BCUT2D eigenvalue weighted by molar-refractivity contribution is 5.96. The summed E-state index contributed by atoms with van der Waals surface area (Å²) in [4.78, 5) is 25.2. The lowest BCUT2D eigenvalue weighted by molar-refractivity contribution is -0.128. The van der Waals surface area contributed by atoms with Crippen LogP contribution in [0.25, 0.3) is 0 Å². The largest absolute Gasteiger partial charge is 0.397 e. The molecule has 0 aliphatic rings. The van der Waals surface area contributed by atoms with E-state index in [1.807, 2.05) is 13.8 Å². The molecule has 6 nitrogen and oxygen atoms in total. The van der Waals surface area contributed by atoms with Crippen LogP contribution in [0.5, 0.6) is 0 Å². The van der Waals surface area contributed by atoms with Crippen LogP contribution in [0.15, 0.2) is 18.2 Å². The van der Waals surface area contributed by atoms with Gasteiger partial charge >= 0.3 is 0 Å². The van der Waals surface area contributed by atoms with Gasteiger partial charge in [0.05, 0.1) is 16.8 Å². The van der Waals surface area contributed by atoms with Crippen LogP contribution >= 0.6 is 0 Å². The summed E-state index contributed by atoms with van der Waals surface area (Å²) < 4.78 is 0. The number of amides is 2. The van der Waals surface area contributed by atoms with E-state index in [1.54, 1.807) is 39.3 Å². The standard InChI is InChI=1S/C15H24N4O2/c1-15(2,14(21)17-3)9-18-12-8-10(6-7-11(12)16)13(20)19(4)5/h6-8,18H,9,16H2,1-5H3,(H,17,21). The Morgan fingerprint density at radius 1 is 1.29 bits per heavy atom. The maximum atomic E-state index is 12.0. The van der Waals surface area contributed by atoms with Crippen molar-refractivity contribution < 1.29 is 9.59 Å². The summed E-state index contributed by atoms with van der Waals surface area (Å²) in [7, 11) is 5.00. The molecule has 1 aromatic carbocycles. The van der Waals surface area contributed by atoms with Gasteiger partial charge in [0.25, 0.3) is 5.91 Å². The number of benzene rings is 1. The second-order valence-electron chi connectivity index (χ2n) is 5.82. The number of anilines is 2. The van der Waals surface area contributed by atoms with E-state index in [1.165, 1.54) is 4.90 Å². The molecule has 0 heterocycles. The molecular weight excluding hydrogens is 268 g/mol. The fourth-order valence-corrected chi connectivity index (χ4v) is 1.84. The molecule has 0 atom stereocenters. The molecule has 21 heavy (non-hydrogen) atoms. The third kappa shape index (κ3) is 4.11. The maximum absolute atomic E-state index is 12.0. The third-order valence-electron chi connectivity index (χ3n) is 3.27. The molecule has 0 aliphatic carbocycles. The van der Waals surface area contributed by atoms with E-state index in [4.69, 9.17) is 5.73 Å². The lowest BCUT2D eigenvalue weighted by Gasteiger charge is -2.24. The molecule has 1 aromatic rings. The molecule has 0 saturated heterocycles. The van der Waals surface area contributed by atoms with Gasteiger partial charge in [0.1, 0.15) is 0 Å². The Morgan fingerprint density at radius 3 is 2.43 bits per heavy atom. The first-order valence-corrected chi connectivity index (χ1v) is 6.76. The second-order valence-corrected chi connectivity index (χ2v) is 5.82. The molecule has 0 fully saturated rings. The number of nitrogens with one attached hydrogen (secondary N) is 2. The Morgan fingerprint density at radius 2 is 1.90 bits per heavy atom. The lowest BCUT2D eigenvalue weighted by Crippen LogP contribution is -2.39. The molecule has 0 unspecified atom stereocenters. The monoisotopic (exact) mass is 292 g/mol. The number of hydrogen-bond acceptors (Lipinski definition) is 4. The minimum absolute atomic E-state index is 0.0610. The lowest BCUT2D eigenvalue weighted by atomic mass is 9.92. The normalized spacial score (nSPS) is 10.9. The minimum atomic E-state index is -0.581. The number of carbonyl (C=O) groups excluding carboxylic acids is 2. The Kier molecular flexibility index (Phi) is 5.18. The van der Waals surface area contributed by atoms with Crippen LogP contribution in [0.1, 0.15) is 24.2 Å². The fraction of sp³-hybridized carbons (Fsp3) is 0.467. The zero-order valence-corrected chi connectivity index (χ0v) is 13.3. The highest BCUT2D eigenvalue weighted by Gasteiger charge is 2.26. The van der Waals surface area contributed by atoms with E-state index in [2.05, 4.69) is 10.6 Å². The van der Waals surface area contributed by atoms with Gasteiger partial charge in [0, 0.05) is 33.3 Å². The van der Waals surface area contributed by atoms with E-state index in [-0.39, 0.29) is 11.8 Å². The van der Waals surface area contributed by atoms with Crippen molar-refractivity contribution in [3.8, 4) is 0 Å². The number of nitrogens with zero attached hydrogens (tertiary/aromatic N) is 1. The number of nitrogens with two attached hydrogens (primary N) is 1. The van der Waals surface area contributed by atoms with Crippen molar-refractivity contribution in [3.63, 3.8) is 0 Å². The van der Waals surface area contributed by atoms with Crippen molar-refractivity contribution in [2.45, 2.75) is 13.8 Å². The van der Waals surface area contributed by atoms with Crippen molar-refractivity contribution in [1.82, 2.24) is 10.2 Å². The van der Waals surface area contributed by atoms with Crippen LogP contribution < -0.4 is 16.4 Å². The first-order valence-electron chi connectivity index (χ1n) is 6.76. The summed E-state index contributed by atoms with van der Waals surface area (Å²) in [5.41, 5.74) is 7.08. The zero-order chi connectivity index (χ0) is 16.2. The molecule has 0 aliphatic heterocycles. The van der Waals surface area contributed by atoms with Gasteiger partial charge in [0.2, 0.25) is 5.91 Å². The molecule has 0 spiro atoms. The minimum Gasteiger partial charge on any atom is -0.397 e. The summed E-state index contributed by atoms with van der Waals surface area (Å²) in [6, 6.07) is 5.08. The van der Waals surface area contributed by atoms with Gasteiger partial charge in [-0.1, -0.05) is 0 Å². The van der Waals surface area contributed by atoms with Crippen LogP contribution in [0.2, 0.25) is 0 Å². The fourth-order valence-electron chi connectivity index (χ4n) is 1.84. The SMILES string of the molecule is CNC(=O)C(C)(C)CNc1cc(C(=O)N(C)C)ccc1N. The molecule has 0 aromatic heterocycles. The first-order chi connectivity index (χ1) is 9.69. The van der Waals surface area contributed by atoms with E-state index in [9.17, 15) is 9.59 Å². The van der Waals surface area contributed by atoms with Crippen molar-refractivity contribution in [1.29, 1.82) is 0 Å². The first kappa shape index (κ1) is 16.8. The molecule has 6 heteroatoms. The zero-order valence-electron chi connectivity index (χ0n) is 13.3. The van der Waals surface area contributed by atoms with Crippen molar-refractivity contribution in [2.75, 3.05) is 38.7 Å². The van der Waals surface area contributed by atoms with Gasteiger partial charge in [-0.15, -0.1) is 0 Å². The molecule has 0 radical (unpaired) electrons. The molecule has 116 valence electrons. The smallest absolute Gasteiger partial charge is 0.253 e. The predicted molar refractivity (Wildman–Crippen MR) is 85.2 cm³/mol. The van der Waals surface area contributed by atoms with E-state index < -0.39 is 5.41 Å². The van der Waals surface area contributed by atoms with E-state index in [0.29, 0.717) is 23.5 Å². The van der Waals surface area contributed by atoms with Crippen LogP contribution in [0.3, 0.4) is 0 Å². The van der Waals surface area contributed by atoms with Crippen molar-refractivity contribution in [3.05, 3.63) is 23.8 Å². The van der Waals surface area contributed by atoms with Crippen LogP contribution in [-0.4, -0.2) is 44.4 Å². The summed E-state index contributed by atoms with van der Waals surface area (Å²) in [5.74, 6) is -0.155. The van der Waals surface area contributed by atoms with Crippen molar-refractivity contribution in [2.24, 2.45) is 5.41 Å². The predicted octanol–water partition coefficient (Wildman–Crippen LogP) is 1.15. The third-order valence-corrected chi connectivity index (χ3v) is 3.27. The summed E-state index contributed by atoms with van der Waals surface area (Å²) in [5, 5.41) is 5.78. The number of hydrogen-bond donors (Lipinski definition) is 3. The van der Waals surface area contributed by atoms with Gasteiger partial charge in [0.15, 0.2) is 0 Å². The Bertz CT molecular complexity index is 538. The molecule has 1 rings (SSSR count). The van der Waals surface area contributed by atoms with Gasteiger partial charge in [-0.25, -0.2) is 0 Å². The van der Waals surface area contributed by atoms with E-state index in [0.717, 1.165) is 0 Å². The van der Waals surface area contributed by atoms with E-state index >= 15 is 0 Å². The van der Waals surface area contributed by atoms with Gasteiger partial charge in [-0.2, -0.15) is 0 Å². The molecule has 0 bridgehead atoms. The quantitative estimate of drug-likeness (QED) is 0.711. The summed E-state index contributed by atoms with van der Waals surface area (Å²) >= 11 is 0. The average molecular weight is 292 g/mol.